The third kappa shape index (κ3) is 4.37. The number of nitrogens with one attached hydrogen (secondary N) is 2. The Morgan fingerprint density at radius 2 is 2.03 bits per heavy atom. The first-order chi connectivity index (χ1) is 14.0. The molecular formula is C21H24FN5O2. The van der Waals surface area contributed by atoms with Gasteiger partial charge in [-0.25, -0.2) is 9.37 Å². The summed E-state index contributed by atoms with van der Waals surface area (Å²) in [5, 5.41) is 5.50. The second-order valence-corrected chi connectivity index (χ2v) is 7.57. The summed E-state index contributed by atoms with van der Waals surface area (Å²) in [7, 11) is 2.11. The lowest BCUT2D eigenvalue weighted by molar-refractivity contribution is -0.126. The Bertz CT molecular complexity index is 910. The molecule has 0 saturated carbocycles. The highest BCUT2D eigenvalue weighted by molar-refractivity contribution is 6.01. The van der Waals surface area contributed by atoms with Crippen LogP contribution >= 0.6 is 0 Å². The topological polar surface area (TPSA) is 77.6 Å². The van der Waals surface area contributed by atoms with Gasteiger partial charge in [-0.1, -0.05) is 12.1 Å². The van der Waals surface area contributed by atoms with E-state index in [-0.39, 0.29) is 18.2 Å². The maximum absolute atomic E-state index is 13.4. The number of carbonyl (C=O) groups is 2. The Labute approximate surface area is 168 Å². The second-order valence-electron chi connectivity index (χ2n) is 7.57. The zero-order chi connectivity index (χ0) is 20.4. The number of hydrogen-bond acceptors (Lipinski definition) is 5. The Morgan fingerprint density at radius 1 is 1.24 bits per heavy atom. The van der Waals surface area contributed by atoms with E-state index in [2.05, 4.69) is 32.5 Å². The van der Waals surface area contributed by atoms with Crippen molar-refractivity contribution in [1.82, 2.24) is 15.2 Å². The van der Waals surface area contributed by atoms with Crippen LogP contribution in [0.15, 0.2) is 36.5 Å². The van der Waals surface area contributed by atoms with Crippen molar-refractivity contribution in [3.63, 3.8) is 0 Å². The zero-order valence-electron chi connectivity index (χ0n) is 16.3. The normalized spacial score (nSPS) is 19.4. The van der Waals surface area contributed by atoms with Crippen LogP contribution in [0.25, 0.3) is 0 Å². The lowest BCUT2D eigenvalue weighted by atomic mass is 9.89. The molecule has 0 unspecified atom stereocenters. The maximum atomic E-state index is 13.4. The fraction of sp³-hybridized carbons (Fsp3) is 0.381. The summed E-state index contributed by atoms with van der Waals surface area (Å²) in [5.41, 5.74) is 1.88. The predicted octanol–water partition coefficient (Wildman–Crippen LogP) is 1.71. The number of likely N-dealkylation sites (N-methyl/N-ethyl adjacent to an activating group) is 1. The first kappa shape index (κ1) is 19.3. The van der Waals surface area contributed by atoms with Gasteiger partial charge in [-0.3, -0.25) is 9.59 Å². The van der Waals surface area contributed by atoms with Crippen molar-refractivity contribution in [1.29, 1.82) is 0 Å². The van der Waals surface area contributed by atoms with Crippen molar-refractivity contribution >= 4 is 23.3 Å². The van der Waals surface area contributed by atoms with E-state index in [0.29, 0.717) is 17.8 Å². The summed E-state index contributed by atoms with van der Waals surface area (Å²) >= 11 is 0. The van der Waals surface area contributed by atoms with Crippen LogP contribution in [0.4, 0.5) is 15.9 Å². The van der Waals surface area contributed by atoms with Crippen LogP contribution in [0.3, 0.4) is 0 Å². The molecule has 2 aliphatic heterocycles. The van der Waals surface area contributed by atoms with Gasteiger partial charge in [0.25, 0.3) is 0 Å². The molecule has 4 rings (SSSR count). The van der Waals surface area contributed by atoms with E-state index in [0.717, 1.165) is 37.6 Å². The SMILES string of the molecule is CN1CCN(c2ccc(CNC(=O)[C@H]3CC(=O)Nc4cc(F)ccc43)cn2)CC1. The highest BCUT2D eigenvalue weighted by Gasteiger charge is 2.30. The van der Waals surface area contributed by atoms with E-state index in [4.69, 9.17) is 0 Å². The third-order valence-corrected chi connectivity index (χ3v) is 5.47. The minimum atomic E-state index is -0.628. The van der Waals surface area contributed by atoms with Crippen LogP contribution in [0, 0.1) is 5.82 Å². The molecule has 1 saturated heterocycles. The number of halogens is 1. The van der Waals surface area contributed by atoms with E-state index >= 15 is 0 Å². The predicted molar refractivity (Wildman–Crippen MR) is 108 cm³/mol. The molecule has 2 amide bonds. The number of benzene rings is 1. The standard InChI is InChI=1S/C21H24FN5O2/c1-26-6-8-27(9-7-26)19-5-2-14(12-23-19)13-24-21(29)17-11-20(28)25-18-10-15(22)3-4-16(17)18/h2-5,10,12,17H,6-9,11,13H2,1H3,(H,24,29)(H,25,28)/t17-/m0/s1. The molecule has 8 heteroatoms. The van der Waals surface area contributed by atoms with Gasteiger partial charge in [0.1, 0.15) is 11.6 Å². The van der Waals surface area contributed by atoms with Crippen LogP contribution in [0.2, 0.25) is 0 Å². The molecule has 1 atom stereocenters. The van der Waals surface area contributed by atoms with Crippen LogP contribution in [-0.4, -0.2) is 54.9 Å². The van der Waals surface area contributed by atoms with Gasteiger partial charge in [0.15, 0.2) is 0 Å². The number of amides is 2. The summed E-state index contributed by atoms with van der Waals surface area (Å²) in [6.07, 6.45) is 1.82. The molecule has 3 heterocycles. The van der Waals surface area contributed by atoms with Crippen molar-refractivity contribution in [3.05, 3.63) is 53.5 Å². The van der Waals surface area contributed by atoms with E-state index in [1.807, 2.05) is 12.1 Å². The molecule has 0 radical (unpaired) electrons. The number of nitrogens with zero attached hydrogens (tertiary/aromatic N) is 3. The number of fused-ring (bicyclic) bond motifs is 1. The number of carbonyl (C=O) groups excluding carboxylic acids is 2. The summed E-state index contributed by atoms with van der Waals surface area (Å²) in [6, 6.07) is 8.03. The van der Waals surface area contributed by atoms with Crippen LogP contribution in [0.1, 0.15) is 23.5 Å². The molecule has 2 aromatic rings. The number of rotatable bonds is 4. The number of anilines is 2. The molecule has 152 valence electrons. The Morgan fingerprint density at radius 3 is 2.76 bits per heavy atom. The molecule has 1 fully saturated rings. The van der Waals surface area contributed by atoms with Crippen molar-refractivity contribution in [2.24, 2.45) is 0 Å². The summed E-state index contributed by atoms with van der Waals surface area (Å²) in [6.45, 7) is 4.25. The Balaban J connectivity index is 1.38. The van der Waals surface area contributed by atoms with Crippen molar-refractivity contribution in [2.75, 3.05) is 43.4 Å². The monoisotopic (exact) mass is 397 g/mol. The third-order valence-electron chi connectivity index (χ3n) is 5.47. The lowest BCUT2D eigenvalue weighted by Gasteiger charge is -2.33. The molecule has 1 aromatic heterocycles. The minimum absolute atomic E-state index is 0.0467. The average molecular weight is 397 g/mol. The minimum Gasteiger partial charge on any atom is -0.354 e. The molecule has 29 heavy (non-hydrogen) atoms. The van der Waals surface area contributed by atoms with Gasteiger partial charge >= 0.3 is 0 Å². The fourth-order valence-electron chi connectivity index (χ4n) is 3.73. The first-order valence-corrected chi connectivity index (χ1v) is 9.75. The number of hydrogen-bond donors (Lipinski definition) is 2. The van der Waals surface area contributed by atoms with Crippen molar-refractivity contribution < 1.29 is 14.0 Å². The summed E-state index contributed by atoms with van der Waals surface area (Å²) in [5.74, 6) is -0.682. The van der Waals surface area contributed by atoms with Crippen LogP contribution < -0.4 is 15.5 Å². The van der Waals surface area contributed by atoms with Crippen molar-refractivity contribution in [2.45, 2.75) is 18.9 Å². The maximum Gasteiger partial charge on any atom is 0.228 e. The van der Waals surface area contributed by atoms with Crippen molar-refractivity contribution in [3.8, 4) is 0 Å². The highest BCUT2D eigenvalue weighted by atomic mass is 19.1. The molecule has 7 nitrogen and oxygen atoms in total. The van der Waals surface area contributed by atoms with E-state index in [1.165, 1.54) is 12.1 Å². The average Bonchev–Trinajstić information content (AvgIpc) is 2.72. The van der Waals surface area contributed by atoms with Gasteiger partial charge in [0, 0.05) is 51.0 Å². The van der Waals surface area contributed by atoms with E-state index in [9.17, 15) is 14.0 Å². The van der Waals surface area contributed by atoms with Gasteiger partial charge in [-0.15, -0.1) is 0 Å². The van der Waals surface area contributed by atoms with Gasteiger partial charge in [0.05, 0.1) is 5.92 Å². The Kier molecular flexibility index (Phi) is 5.44. The first-order valence-electron chi connectivity index (χ1n) is 9.75. The van der Waals surface area contributed by atoms with Gasteiger partial charge in [-0.05, 0) is 36.4 Å². The largest absolute Gasteiger partial charge is 0.354 e. The molecular weight excluding hydrogens is 373 g/mol. The molecule has 2 N–H and O–H groups in total. The summed E-state index contributed by atoms with van der Waals surface area (Å²) < 4.78 is 13.4. The quantitative estimate of drug-likeness (QED) is 0.822. The summed E-state index contributed by atoms with van der Waals surface area (Å²) in [4.78, 5) is 33.7. The molecule has 0 aliphatic carbocycles. The highest BCUT2D eigenvalue weighted by Crippen LogP contribution is 2.32. The van der Waals surface area contributed by atoms with Gasteiger partial charge in [0.2, 0.25) is 11.8 Å². The van der Waals surface area contributed by atoms with E-state index in [1.54, 1.807) is 12.3 Å². The lowest BCUT2D eigenvalue weighted by Crippen LogP contribution is -2.44. The number of piperazine rings is 1. The zero-order valence-corrected chi connectivity index (χ0v) is 16.3. The number of aromatic nitrogens is 1. The second kappa shape index (κ2) is 8.16. The Hall–Kier alpha value is -3.00. The van der Waals surface area contributed by atoms with Gasteiger partial charge in [-0.2, -0.15) is 0 Å². The fourth-order valence-corrected chi connectivity index (χ4v) is 3.73. The van der Waals surface area contributed by atoms with Gasteiger partial charge < -0.3 is 20.4 Å². The molecule has 0 spiro atoms. The van der Waals surface area contributed by atoms with Crippen LogP contribution in [-0.2, 0) is 16.1 Å². The van der Waals surface area contributed by atoms with E-state index < -0.39 is 11.7 Å². The molecule has 0 bridgehead atoms. The smallest absolute Gasteiger partial charge is 0.228 e. The molecule has 1 aromatic carbocycles. The van der Waals surface area contributed by atoms with Crippen LogP contribution in [0.5, 0.6) is 0 Å². The molecule has 2 aliphatic rings. The number of pyridine rings is 1.